The zero-order chi connectivity index (χ0) is 10.0. The molecule has 1 unspecified atom stereocenters. The Kier molecular flexibility index (Phi) is 4.87. The Morgan fingerprint density at radius 1 is 1.50 bits per heavy atom. The van der Waals surface area contributed by atoms with Gasteiger partial charge in [-0.1, -0.05) is 0 Å². The highest BCUT2D eigenvalue weighted by Gasteiger charge is 2.29. The van der Waals surface area contributed by atoms with E-state index in [-0.39, 0.29) is 30.3 Å². The van der Waals surface area contributed by atoms with Crippen molar-refractivity contribution in [2.24, 2.45) is 5.73 Å². The first-order chi connectivity index (χ1) is 6.00. The molecule has 14 heavy (non-hydrogen) atoms. The maximum Gasteiger partial charge on any atom is 0.236 e. The highest BCUT2D eigenvalue weighted by atomic mass is 35.5. The average Bonchev–Trinajstić information content (AvgIpc) is 1.94. The number of amides is 2. The smallest absolute Gasteiger partial charge is 0.236 e. The summed E-state index contributed by atoms with van der Waals surface area (Å²) in [5.41, 5.74) is 5.36. The molecule has 0 spiro atoms. The summed E-state index contributed by atoms with van der Waals surface area (Å²) in [6.45, 7) is 4.36. The van der Waals surface area contributed by atoms with E-state index in [1.165, 1.54) is 6.92 Å². The van der Waals surface area contributed by atoms with E-state index in [2.05, 4.69) is 5.32 Å². The molecule has 1 aliphatic rings. The second kappa shape index (κ2) is 5.17. The van der Waals surface area contributed by atoms with E-state index in [4.69, 9.17) is 5.73 Å². The number of nitrogens with two attached hydrogens (primary N) is 1. The van der Waals surface area contributed by atoms with Crippen molar-refractivity contribution in [1.82, 2.24) is 10.2 Å². The Morgan fingerprint density at radius 3 is 2.36 bits per heavy atom. The third-order valence-corrected chi connectivity index (χ3v) is 2.09. The lowest BCUT2D eigenvalue weighted by molar-refractivity contribution is -0.136. The van der Waals surface area contributed by atoms with E-state index in [1.54, 1.807) is 11.8 Å². The fourth-order valence-electron chi connectivity index (χ4n) is 1.16. The lowest BCUT2D eigenvalue weighted by Gasteiger charge is -2.39. The van der Waals surface area contributed by atoms with Gasteiger partial charge in [-0.25, -0.2) is 0 Å². The van der Waals surface area contributed by atoms with Gasteiger partial charge in [-0.15, -0.1) is 12.4 Å². The van der Waals surface area contributed by atoms with Gasteiger partial charge in [0.1, 0.15) is 0 Å². The predicted molar refractivity (Wildman–Crippen MR) is 55.1 cm³/mol. The Morgan fingerprint density at radius 2 is 2.00 bits per heavy atom. The molecule has 1 saturated heterocycles. The maximum atomic E-state index is 11.1. The lowest BCUT2D eigenvalue weighted by atomic mass is 10.1. The van der Waals surface area contributed by atoms with E-state index in [0.717, 1.165) is 0 Å². The predicted octanol–water partition coefficient (Wildman–Crippen LogP) is -0.898. The number of nitrogens with zero attached hydrogens (tertiary/aromatic N) is 1. The van der Waals surface area contributed by atoms with Crippen molar-refractivity contribution >= 4 is 24.2 Å². The fraction of sp³-hybridized carbons (Fsp3) is 0.750. The molecule has 82 valence electrons. The number of likely N-dealkylation sites (tertiary alicyclic amines) is 1. The van der Waals surface area contributed by atoms with Gasteiger partial charge in [-0.05, 0) is 6.92 Å². The van der Waals surface area contributed by atoms with Crippen LogP contribution in [0.3, 0.4) is 0 Å². The standard InChI is InChI=1S/C8H15N3O2.ClH/c1-5(9)8(13)10-7-3-11(4-7)6(2)12;/h5,7H,3-4,9H2,1-2H3,(H,10,13);1H. The third kappa shape index (κ3) is 3.16. The third-order valence-electron chi connectivity index (χ3n) is 2.09. The molecule has 1 atom stereocenters. The molecule has 3 N–H and O–H groups in total. The van der Waals surface area contributed by atoms with Gasteiger partial charge in [-0.3, -0.25) is 9.59 Å². The largest absolute Gasteiger partial charge is 0.348 e. The van der Waals surface area contributed by atoms with Gasteiger partial charge in [0.25, 0.3) is 0 Å². The summed E-state index contributed by atoms with van der Waals surface area (Å²) in [4.78, 5) is 23.5. The van der Waals surface area contributed by atoms with Crippen molar-refractivity contribution < 1.29 is 9.59 Å². The molecular formula is C8H16ClN3O2. The Balaban J connectivity index is 0.00000169. The fourth-order valence-corrected chi connectivity index (χ4v) is 1.16. The van der Waals surface area contributed by atoms with E-state index >= 15 is 0 Å². The SMILES string of the molecule is CC(=O)N1CC(NC(=O)C(C)N)C1.Cl. The number of rotatable bonds is 2. The van der Waals surface area contributed by atoms with Crippen LogP contribution in [0.15, 0.2) is 0 Å². The number of hydrogen-bond donors (Lipinski definition) is 2. The Hall–Kier alpha value is -0.810. The number of hydrogen-bond acceptors (Lipinski definition) is 3. The highest BCUT2D eigenvalue weighted by Crippen LogP contribution is 2.07. The summed E-state index contributed by atoms with van der Waals surface area (Å²) in [6, 6.07) is -0.395. The van der Waals surface area contributed by atoms with Crippen LogP contribution in [0.25, 0.3) is 0 Å². The minimum Gasteiger partial charge on any atom is -0.348 e. The number of carbonyl (C=O) groups excluding carboxylic acids is 2. The van der Waals surface area contributed by atoms with Crippen LogP contribution in [0.1, 0.15) is 13.8 Å². The molecule has 1 aliphatic heterocycles. The van der Waals surface area contributed by atoms with Crippen molar-refractivity contribution in [3.05, 3.63) is 0 Å². The van der Waals surface area contributed by atoms with Crippen molar-refractivity contribution in [1.29, 1.82) is 0 Å². The first kappa shape index (κ1) is 13.2. The monoisotopic (exact) mass is 221 g/mol. The summed E-state index contributed by atoms with van der Waals surface area (Å²) >= 11 is 0. The van der Waals surface area contributed by atoms with Crippen LogP contribution in [0, 0.1) is 0 Å². The number of halogens is 1. The summed E-state index contributed by atoms with van der Waals surface area (Å²) in [5.74, 6) is -0.112. The molecule has 1 heterocycles. The van der Waals surface area contributed by atoms with Crippen LogP contribution in [-0.2, 0) is 9.59 Å². The maximum absolute atomic E-state index is 11.1. The molecule has 5 nitrogen and oxygen atoms in total. The van der Waals surface area contributed by atoms with E-state index in [0.29, 0.717) is 13.1 Å². The van der Waals surface area contributed by atoms with Gasteiger partial charge < -0.3 is 16.0 Å². The molecule has 1 rings (SSSR count). The zero-order valence-corrected chi connectivity index (χ0v) is 9.13. The summed E-state index contributed by atoms with van der Waals surface area (Å²) in [6.07, 6.45) is 0. The Bertz CT molecular complexity index is 227. The van der Waals surface area contributed by atoms with Gasteiger partial charge in [0.15, 0.2) is 0 Å². The van der Waals surface area contributed by atoms with E-state index in [1.807, 2.05) is 0 Å². The van der Waals surface area contributed by atoms with E-state index in [9.17, 15) is 9.59 Å². The molecular weight excluding hydrogens is 206 g/mol. The molecule has 0 aromatic rings. The molecule has 1 fully saturated rings. The second-order valence-electron chi connectivity index (χ2n) is 3.42. The highest BCUT2D eigenvalue weighted by molar-refractivity contribution is 5.85. The number of nitrogens with one attached hydrogen (secondary N) is 1. The molecule has 2 amide bonds. The summed E-state index contributed by atoms with van der Waals surface area (Å²) in [5, 5.41) is 2.74. The summed E-state index contributed by atoms with van der Waals surface area (Å²) in [7, 11) is 0. The van der Waals surface area contributed by atoms with Gasteiger partial charge in [-0.2, -0.15) is 0 Å². The van der Waals surface area contributed by atoms with Gasteiger partial charge >= 0.3 is 0 Å². The van der Waals surface area contributed by atoms with Crippen LogP contribution in [-0.4, -0.2) is 41.9 Å². The molecule has 6 heteroatoms. The van der Waals surface area contributed by atoms with Crippen LogP contribution in [0.5, 0.6) is 0 Å². The quantitative estimate of drug-likeness (QED) is 0.635. The lowest BCUT2D eigenvalue weighted by Crippen LogP contribution is -2.62. The minimum absolute atomic E-state index is 0. The van der Waals surface area contributed by atoms with Crippen molar-refractivity contribution in [3.8, 4) is 0 Å². The molecule has 0 bridgehead atoms. The van der Waals surface area contributed by atoms with Crippen LogP contribution >= 0.6 is 12.4 Å². The van der Waals surface area contributed by atoms with Crippen molar-refractivity contribution in [2.45, 2.75) is 25.9 Å². The average molecular weight is 222 g/mol. The molecule has 0 aromatic heterocycles. The molecule has 0 saturated carbocycles. The van der Waals surface area contributed by atoms with Crippen molar-refractivity contribution in [3.63, 3.8) is 0 Å². The zero-order valence-electron chi connectivity index (χ0n) is 8.32. The van der Waals surface area contributed by atoms with Gasteiger partial charge in [0, 0.05) is 20.0 Å². The van der Waals surface area contributed by atoms with Crippen LogP contribution in [0.2, 0.25) is 0 Å². The molecule has 0 radical (unpaired) electrons. The Labute approximate surface area is 89.4 Å². The summed E-state index contributed by atoms with van der Waals surface area (Å²) < 4.78 is 0. The van der Waals surface area contributed by atoms with Crippen LogP contribution < -0.4 is 11.1 Å². The topological polar surface area (TPSA) is 75.4 Å². The van der Waals surface area contributed by atoms with Crippen molar-refractivity contribution in [2.75, 3.05) is 13.1 Å². The van der Waals surface area contributed by atoms with E-state index < -0.39 is 6.04 Å². The first-order valence-corrected chi connectivity index (χ1v) is 4.32. The first-order valence-electron chi connectivity index (χ1n) is 4.32. The molecule has 0 aliphatic carbocycles. The van der Waals surface area contributed by atoms with Gasteiger partial charge in [0.05, 0.1) is 12.1 Å². The minimum atomic E-state index is -0.480. The van der Waals surface area contributed by atoms with Crippen LogP contribution in [0.4, 0.5) is 0 Å². The van der Waals surface area contributed by atoms with Gasteiger partial charge in [0.2, 0.25) is 11.8 Å². The normalized spacial score (nSPS) is 17.8. The number of carbonyl (C=O) groups is 2. The second-order valence-corrected chi connectivity index (χ2v) is 3.42. The molecule has 0 aromatic carbocycles.